The van der Waals surface area contributed by atoms with Gasteiger partial charge in [0, 0.05) is 19.7 Å². The van der Waals surface area contributed by atoms with Crippen molar-refractivity contribution >= 4 is 33.5 Å². The van der Waals surface area contributed by atoms with Crippen LogP contribution in [0.15, 0.2) is 53.4 Å². The van der Waals surface area contributed by atoms with E-state index in [1.54, 1.807) is 44.4 Å². The molecule has 0 heterocycles. The summed E-state index contributed by atoms with van der Waals surface area (Å²) in [7, 11) is 0.562. The molecular weight excluding hydrogens is 392 g/mol. The van der Waals surface area contributed by atoms with E-state index in [1.165, 1.54) is 24.1 Å². The summed E-state index contributed by atoms with van der Waals surface area (Å²) in [6.45, 7) is 0. The van der Waals surface area contributed by atoms with Gasteiger partial charge in [0.25, 0.3) is 5.91 Å². The smallest absolute Gasteiger partial charge is 0.340 e. The van der Waals surface area contributed by atoms with E-state index in [0.29, 0.717) is 5.56 Å². The van der Waals surface area contributed by atoms with Gasteiger partial charge in [0.15, 0.2) is 0 Å². The molecule has 0 fully saturated rings. The lowest BCUT2D eigenvalue weighted by Gasteiger charge is -2.21. The Bertz CT molecular complexity index is 945. The van der Waals surface area contributed by atoms with Gasteiger partial charge in [-0.15, -0.1) is 0 Å². The number of nitrogens with zero attached hydrogens (tertiary/aromatic N) is 1. The molecule has 27 heavy (non-hydrogen) atoms. The zero-order valence-electron chi connectivity index (χ0n) is 15.0. The number of halogens is 1. The lowest BCUT2D eigenvalue weighted by atomic mass is 10.1. The van der Waals surface area contributed by atoms with Crippen molar-refractivity contribution in [2.24, 2.45) is 0 Å². The van der Waals surface area contributed by atoms with Crippen molar-refractivity contribution in [1.82, 2.24) is 9.62 Å². The Hall–Kier alpha value is -2.42. The minimum absolute atomic E-state index is 0.0131. The fourth-order valence-corrected chi connectivity index (χ4v) is 3.19. The van der Waals surface area contributed by atoms with Crippen LogP contribution in [-0.2, 0) is 19.6 Å². The summed E-state index contributed by atoms with van der Waals surface area (Å²) >= 11 is 6.04. The maximum atomic E-state index is 12.7. The lowest BCUT2D eigenvalue weighted by Crippen LogP contribution is -2.31. The molecule has 0 spiro atoms. The molecule has 9 heteroatoms. The molecule has 0 saturated carbocycles. The maximum Gasteiger partial charge on any atom is 0.340 e. The van der Waals surface area contributed by atoms with Crippen LogP contribution in [0, 0.1) is 0 Å². The van der Waals surface area contributed by atoms with Crippen LogP contribution < -0.4 is 4.72 Å². The monoisotopic (exact) mass is 410 g/mol. The van der Waals surface area contributed by atoms with E-state index in [1.807, 2.05) is 0 Å². The fourth-order valence-electron chi connectivity index (χ4n) is 2.24. The van der Waals surface area contributed by atoms with Crippen LogP contribution in [0.3, 0.4) is 0 Å². The van der Waals surface area contributed by atoms with E-state index in [9.17, 15) is 18.0 Å². The number of nitrogens with one attached hydrogen (secondary N) is 1. The van der Waals surface area contributed by atoms with E-state index < -0.39 is 28.0 Å². The van der Waals surface area contributed by atoms with E-state index in [-0.39, 0.29) is 15.5 Å². The van der Waals surface area contributed by atoms with Gasteiger partial charge < -0.3 is 9.64 Å². The second-order valence-electron chi connectivity index (χ2n) is 5.78. The van der Waals surface area contributed by atoms with Crippen LogP contribution in [0.5, 0.6) is 0 Å². The predicted molar refractivity (Wildman–Crippen MR) is 101 cm³/mol. The Balaban J connectivity index is 2.41. The molecule has 0 bridgehead atoms. The fraction of sp³-hybridized carbons (Fsp3) is 0.222. The molecule has 0 radical (unpaired) electrons. The van der Waals surface area contributed by atoms with Crippen molar-refractivity contribution in [3.8, 4) is 0 Å². The highest BCUT2D eigenvalue weighted by Gasteiger charge is 2.28. The molecular formula is C18H19ClN2O5S. The molecule has 0 aromatic heterocycles. The molecule has 1 atom stereocenters. The van der Waals surface area contributed by atoms with Gasteiger partial charge in [0.05, 0.1) is 15.5 Å². The van der Waals surface area contributed by atoms with E-state index in [2.05, 4.69) is 4.72 Å². The predicted octanol–water partition coefficient (Wildman–Crippen LogP) is 2.23. The first-order valence-electron chi connectivity index (χ1n) is 7.87. The number of carbonyl (C=O) groups is 2. The molecule has 2 aromatic carbocycles. The van der Waals surface area contributed by atoms with Crippen LogP contribution in [0.25, 0.3) is 0 Å². The SMILES string of the molecule is CNS(=O)(=O)c1ccc(Cl)c(C(=O)O[C@@H](C(=O)N(C)C)c2ccccc2)c1. The molecule has 7 nitrogen and oxygen atoms in total. The number of hydrogen-bond donors (Lipinski definition) is 1. The van der Waals surface area contributed by atoms with E-state index >= 15 is 0 Å². The van der Waals surface area contributed by atoms with Gasteiger partial charge in [0.1, 0.15) is 0 Å². The largest absolute Gasteiger partial charge is 0.444 e. The number of amides is 1. The van der Waals surface area contributed by atoms with Crippen LogP contribution in [-0.4, -0.2) is 46.3 Å². The number of carbonyl (C=O) groups excluding carboxylic acids is 2. The van der Waals surface area contributed by atoms with Crippen molar-refractivity contribution in [3.05, 3.63) is 64.7 Å². The van der Waals surface area contributed by atoms with Crippen LogP contribution in [0.4, 0.5) is 0 Å². The average Bonchev–Trinajstić information content (AvgIpc) is 2.66. The maximum absolute atomic E-state index is 12.7. The summed E-state index contributed by atoms with van der Waals surface area (Å²) in [5, 5.41) is 0.0131. The minimum atomic E-state index is -3.77. The van der Waals surface area contributed by atoms with Crippen LogP contribution in [0.1, 0.15) is 22.0 Å². The van der Waals surface area contributed by atoms with Crippen molar-refractivity contribution < 1.29 is 22.7 Å². The molecule has 0 aliphatic heterocycles. The Morgan fingerprint density at radius 3 is 2.30 bits per heavy atom. The average molecular weight is 411 g/mol. The number of ether oxygens (including phenoxy) is 1. The standard InChI is InChI=1S/C18H19ClN2O5S/c1-20-27(24,25)13-9-10-15(19)14(11-13)18(23)26-16(17(22)21(2)3)12-7-5-4-6-8-12/h4-11,16,20H,1-3H3/t16-/m1/s1. The highest BCUT2D eigenvalue weighted by molar-refractivity contribution is 7.89. The molecule has 1 N–H and O–H groups in total. The lowest BCUT2D eigenvalue weighted by molar-refractivity contribution is -0.138. The summed E-state index contributed by atoms with van der Waals surface area (Å²) in [5.41, 5.74) is 0.333. The second-order valence-corrected chi connectivity index (χ2v) is 8.07. The number of esters is 1. The van der Waals surface area contributed by atoms with Gasteiger partial charge in [-0.3, -0.25) is 4.79 Å². The Morgan fingerprint density at radius 2 is 1.74 bits per heavy atom. The van der Waals surface area contributed by atoms with E-state index in [0.717, 1.165) is 6.07 Å². The molecule has 0 unspecified atom stereocenters. The summed E-state index contributed by atoms with van der Waals surface area (Å²) in [6.07, 6.45) is -1.19. The van der Waals surface area contributed by atoms with Crippen molar-refractivity contribution in [1.29, 1.82) is 0 Å². The Kier molecular flexibility index (Phi) is 6.59. The third-order valence-corrected chi connectivity index (χ3v) is 5.47. The zero-order chi connectivity index (χ0) is 20.2. The van der Waals surface area contributed by atoms with Gasteiger partial charge >= 0.3 is 5.97 Å². The molecule has 2 aromatic rings. The van der Waals surface area contributed by atoms with Crippen molar-refractivity contribution in [2.45, 2.75) is 11.0 Å². The highest BCUT2D eigenvalue weighted by atomic mass is 35.5. The van der Waals surface area contributed by atoms with E-state index in [4.69, 9.17) is 16.3 Å². The zero-order valence-corrected chi connectivity index (χ0v) is 16.5. The molecule has 2 rings (SSSR count). The normalized spacial score (nSPS) is 12.3. The molecule has 1 amide bonds. The first-order chi connectivity index (χ1) is 12.7. The first-order valence-corrected chi connectivity index (χ1v) is 9.73. The van der Waals surface area contributed by atoms with Crippen LogP contribution in [0.2, 0.25) is 5.02 Å². The summed E-state index contributed by atoms with van der Waals surface area (Å²) in [4.78, 5) is 26.3. The highest BCUT2D eigenvalue weighted by Crippen LogP contribution is 2.25. The van der Waals surface area contributed by atoms with Crippen molar-refractivity contribution in [3.63, 3.8) is 0 Å². The third kappa shape index (κ3) is 4.85. The molecule has 0 aliphatic rings. The van der Waals surface area contributed by atoms with Gasteiger partial charge in [-0.2, -0.15) is 0 Å². The van der Waals surface area contributed by atoms with Crippen LogP contribution >= 0.6 is 11.6 Å². The molecule has 0 aliphatic carbocycles. The van der Waals surface area contributed by atoms with Gasteiger partial charge in [-0.25, -0.2) is 17.9 Å². The number of hydrogen-bond acceptors (Lipinski definition) is 5. The quantitative estimate of drug-likeness (QED) is 0.737. The Labute approximate surface area is 162 Å². The third-order valence-electron chi connectivity index (χ3n) is 3.73. The summed E-state index contributed by atoms with van der Waals surface area (Å²) in [6, 6.07) is 12.2. The number of likely N-dealkylation sites (N-methyl/N-ethyl adjacent to an activating group) is 1. The van der Waals surface area contributed by atoms with Crippen molar-refractivity contribution in [2.75, 3.05) is 21.1 Å². The second kappa shape index (κ2) is 8.51. The number of benzene rings is 2. The van der Waals surface area contributed by atoms with Gasteiger partial charge in [-0.05, 0) is 25.2 Å². The minimum Gasteiger partial charge on any atom is -0.444 e. The molecule has 0 saturated heterocycles. The topological polar surface area (TPSA) is 92.8 Å². The van der Waals surface area contributed by atoms with Gasteiger partial charge in [-0.1, -0.05) is 41.9 Å². The summed E-state index contributed by atoms with van der Waals surface area (Å²) < 4.78 is 31.5. The summed E-state index contributed by atoms with van der Waals surface area (Å²) in [5.74, 6) is -1.35. The van der Waals surface area contributed by atoms with Gasteiger partial charge in [0.2, 0.25) is 16.1 Å². The number of sulfonamides is 1. The number of rotatable bonds is 6. The molecule has 144 valence electrons. The first kappa shape index (κ1) is 20.9. The Morgan fingerprint density at radius 1 is 1.11 bits per heavy atom.